The molecule has 0 radical (unpaired) electrons. The maximum absolute atomic E-state index is 5.97. The summed E-state index contributed by atoms with van der Waals surface area (Å²) >= 11 is 5.97. The average molecular weight is 235 g/mol. The smallest absolute Gasteiger partial charge is 0.159 e. The highest BCUT2D eigenvalue weighted by Gasteiger charge is 2.10. The van der Waals surface area contributed by atoms with E-state index in [1.165, 1.54) is 0 Å². The molecule has 1 aromatic heterocycles. The lowest BCUT2D eigenvalue weighted by molar-refractivity contribution is 0.298. The summed E-state index contributed by atoms with van der Waals surface area (Å²) in [6.07, 6.45) is 0. The first kappa shape index (κ1) is 10.9. The molecule has 2 rings (SSSR count). The van der Waals surface area contributed by atoms with Gasteiger partial charge in [-0.3, -0.25) is 0 Å². The van der Waals surface area contributed by atoms with E-state index < -0.39 is 0 Å². The average Bonchev–Trinajstić information content (AvgIpc) is 2.30. The number of halogens is 1. The second kappa shape index (κ2) is 4.49. The van der Waals surface area contributed by atoms with E-state index in [9.17, 15) is 0 Å². The molecule has 0 saturated heterocycles. The topological polar surface area (TPSA) is 35.0 Å². The van der Waals surface area contributed by atoms with Crippen molar-refractivity contribution in [3.05, 3.63) is 41.7 Å². The maximum atomic E-state index is 5.97. The van der Waals surface area contributed by atoms with Gasteiger partial charge in [-0.2, -0.15) is 0 Å². The number of nitrogens with zero attached hydrogens (tertiary/aromatic N) is 2. The molecule has 4 heteroatoms. The van der Waals surface area contributed by atoms with Gasteiger partial charge in [0.05, 0.1) is 6.61 Å². The minimum atomic E-state index is 0.392. The summed E-state index contributed by atoms with van der Waals surface area (Å²) < 4.78 is 5.34. The van der Waals surface area contributed by atoms with Crippen molar-refractivity contribution in [1.29, 1.82) is 0 Å². The number of hydrogen-bond acceptors (Lipinski definition) is 3. The number of aromatic nitrogens is 2. The molecule has 0 unspecified atom stereocenters. The van der Waals surface area contributed by atoms with Gasteiger partial charge in [-0.1, -0.05) is 42.4 Å². The Morgan fingerprint density at radius 2 is 2.00 bits per heavy atom. The molecule has 0 fully saturated rings. The van der Waals surface area contributed by atoms with Gasteiger partial charge in [-0.05, 0) is 6.92 Å². The highest BCUT2D eigenvalue weighted by atomic mass is 35.5. The van der Waals surface area contributed by atoms with Gasteiger partial charge < -0.3 is 4.74 Å². The summed E-state index contributed by atoms with van der Waals surface area (Å²) in [5, 5.41) is 10.1. The van der Waals surface area contributed by atoms with Crippen LogP contribution in [0.2, 0.25) is 5.15 Å². The summed E-state index contributed by atoms with van der Waals surface area (Å²) in [6.45, 7) is 6.28. The van der Waals surface area contributed by atoms with Gasteiger partial charge in [-0.25, -0.2) is 0 Å². The van der Waals surface area contributed by atoms with Crippen molar-refractivity contribution >= 4 is 28.1 Å². The number of fused-ring (bicyclic) bond motifs is 1. The Hall–Kier alpha value is -1.61. The van der Waals surface area contributed by atoms with Crippen molar-refractivity contribution < 1.29 is 4.74 Å². The summed E-state index contributed by atoms with van der Waals surface area (Å²) in [5.41, 5.74) is 0.641. The van der Waals surface area contributed by atoms with Crippen LogP contribution in [0.25, 0.3) is 16.5 Å². The monoisotopic (exact) mass is 234 g/mol. The van der Waals surface area contributed by atoms with Crippen LogP contribution in [0.5, 0.6) is 0 Å². The maximum Gasteiger partial charge on any atom is 0.159 e. The Labute approximate surface area is 98.7 Å². The van der Waals surface area contributed by atoms with E-state index in [1.807, 2.05) is 31.2 Å². The Morgan fingerprint density at radius 3 is 2.69 bits per heavy atom. The van der Waals surface area contributed by atoms with Gasteiger partial charge in [0.25, 0.3) is 0 Å². The van der Waals surface area contributed by atoms with E-state index in [4.69, 9.17) is 16.3 Å². The van der Waals surface area contributed by atoms with E-state index in [-0.39, 0.29) is 0 Å². The summed E-state index contributed by atoms with van der Waals surface area (Å²) in [4.78, 5) is 0. The molecule has 16 heavy (non-hydrogen) atoms. The highest BCUT2D eigenvalue weighted by molar-refractivity contribution is 6.34. The lowest BCUT2D eigenvalue weighted by atomic mass is 10.1. The fourth-order valence-electron chi connectivity index (χ4n) is 1.52. The molecule has 3 nitrogen and oxygen atoms in total. The molecule has 0 spiro atoms. The molecular formula is C12H11ClN2O. The lowest BCUT2D eigenvalue weighted by Gasteiger charge is -2.08. The Kier molecular flexibility index (Phi) is 3.06. The Bertz CT molecular complexity index is 540. The molecule has 0 aliphatic carbocycles. The van der Waals surface area contributed by atoms with Crippen LogP contribution in [0.1, 0.15) is 12.6 Å². The molecule has 0 saturated carbocycles. The number of hydrogen-bond donors (Lipinski definition) is 0. The summed E-state index contributed by atoms with van der Waals surface area (Å²) in [5.74, 6) is 0.517. The van der Waals surface area contributed by atoms with Gasteiger partial charge in [0.1, 0.15) is 11.5 Å². The van der Waals surface area contributed by atoms with Crippen molar-refractivity contribution in [2.75, 3.05) is 6.61 Å². The Balaban J connectivity index is 2.63. The number of rotatable bonds is 3. The molecule has 0 N–H and O–H groups in total. The zero-order valence-corrected chi connectivity index (χ0v) is 9.66. The first-order valence-corrected chi connectivity index (χ1v) is 5.34. The lowest BCUT2D eigenvalue weighted by Crippen LogP contribution is -1.97. The van der Waals surface area contributed by atoms with Crippen molar-refractivity contribution in [3.63, 3.8) is 0 Å². The van der Waals surface area contributed by atoms with Gasteiger partial charge in [0.2, 0.25) is 0 Å². The molecule has 1 aromatic carbocycles. The first-order valence-electron chi connectivity index (χ1n) is 4.97. The van der Waals surface area contributed by atoms with E-state index in [2.05, 4.69) is 16.8 Å². The molecular weight excluding hydrogens is 224 g/mol. The van der Waals surface area contributed by atoms with E-state index in [1.54, 1.807) is 0 Å². The normalized spacial score (nSPS) is 10.4. The minimum Gasteiger partial charge on any atom is -0.492 e. The van der Waals surface area contributed by atoms with E-state index in [0.29, 0.717) is 23.2 Å². The minimum absolute atomic E-state index is 0.392. The number of ether oxygens (including phenoxy) is 1. The van der Waals surface area contributed by atoms with Crippen molar-refractivity contribution in [2.24, 2.45) is 0 Å². The first-order chi connectivity index (χ1) is 7.74. The molecule has 0 atom stereocenters. The van der Waals surface area contributed by atoms with Crippen LogP contribution in [-0.2, 0) is 4.74 Å². The number of benzene rings is 1. The molecule has 82 valence electrons. The van der Waals surface area contributed by atoms with Crippen LogP contribution < -0.4 is 0 Å². The van der Waals surface area contributed by atoms with Crippen LogP contribution >= 0.6 is 11.6 Å². The fraction of sp³-hybridized carbons (Fsp3) is 0.167. The SMILES string of the molecule is C=C(OCC)c1nnc(Cl)c2ccccc12. The molecule has 0 aliphatic rings. The molecule has 0 amide bonds. The van der Waals surface area contributed by atoms with E-state index >= 15 is 0 Å². The third-order valence-electron chi connectivity index (χ3n) is 2.22. The second-order valence-corrected chi connectivity index (χ2v) is 3.60. The summed E-state index contributed by atoms with van der Waals surface area (Å²) in [7, 11) is 0. The Morgan fingerprint density at radius 1 is 1.31 bits per heavy atom. The fourth-order valence-corrected chi connectivity index (χ4v) is 1.72. The third kappa shape index (κ3) is 1.86. The van der Waals surface area contributed by atoms with Crippen molar-refractivity contribution in [2.45, 2.75) is 6.92 Å². The van der Waals surface area contributed by atoms with Gasteiger partial charge in [0, 0.05) is 10.8 Å². The zero-order chi connectivity index (χ0) is 11.5. The standard InChI is InChI=1S/C12H11ClN2O/c1-3-16-8(2)11-9-6-4-5-7-10(9)12(13)15-14-11/h4-7H,2-3H2,1H3. The largest absolute Gasteiger partial charge is 0.492 e. The third-order valence-corrected chi connectivity index (χ3v) is 2.50. The van der Waals surface area contributed by atoms with Crippen molar-refractivity contribution in [1.82, 2.24) is 10.2 Å². The van der Waals surface area contributed by atoms with Crippen LogP contribution in [-0.4, -0.2) is 16.8 Å². The zero-order valence-electron chi connectivity index (χ0n) is 8.90. The predicted molar refractivity (Wildman–Crippen MR) is 65.2 cm³/mol. The second-order valence-electron chi connectivity index (χ2n) is 3.24. The van der Waals surface area contributed by atoms with E-state index in [0.717, 1.165) is 10.8 Å². The van der Waals surface area contributed by atoms with Crippen LogP contribution in [0.15, 0.2) is 30.8 Å². The van der Waals surface area contributed by atoms with Crippen LogP contribution in [0.4, 0.5) is 0 Å². The summed E-state index contributed by atoms with van der Waals surface area (Å²) in [6, 6.07) is 7.65. The highest BCUT2D eigenvalue weighted by Crippen LogP contribution is 2.26. The van der Waals surface area contributed by atoms with Gasteiger partial charge in [-0.15, -0.1) is 10.2 Å². The molecule has 0 bridgehead atoms. The molecule has 2 aromatic rings. The quantitative estimate of drug-likeness (QED) is 0.765. The molecule has 0 aliphatic heterocycles. The van der Waals surface area contributed by atoms with Crippen LogP contribution in [0, 0.1) is 0 Å². The van der Waals surface area contributed by atoms with Crippen LogP contribution in [0.3, 0.4) is 0 Å². The molecule has 1 heterocycles. The van der Waals surface area contributed by atoms with Crippen molar-refractivity contribution in [3.8, 4) is 0 Å². The predicted octanol–water partition coefficient (Wildman–Crippen LogP) is 3.29. The van der Waals surface area contributed by atoms with Gasteiger partial charge in [0.15, 0.2) is 5.15 Å². The van der Waals surface area contributed by atoms with Gasteiger partial charge >= 0.3 is 0 Å².